The van der Waals surface area contributed by atoms with Crippen LogP contribution >= 0.6 is 0 Å². The Morgan fingerprint density at radius 2 is 2.21 bits per heavy atom. The van der Waals surface area contributed by atoms with Crippen LogP contribution in [0.3, 0.4) is 0 Å². The van der Waals surface area contributed by atoms with Crippen LogP contribution < -0.4 is 0 Å². The van der Waals surface area contributed by atoms with Gasteiger partial charge in [-0.3, -0.25) is 4.68 Å². The Hall–Kier alpha value is -0.880. The van der Waals surface area contributed by atoms with E-state index >= 15 is 0 Å². The summed E-state index contributed by atoms with van der Waals surface area (Å²) in [5.74, 6) is 0. The maximum absolute atomic E-state index is 11.3. The molecule has 0 aliphatic rings. The second kappa shape index (κ2) is 4.10. The average molecular weight is 217 g/mol. The summed E-state index contributed by atoms with van der Waals surface area (Å²) in [5, 5.41) is 3.98. The van der Waals surface area contributed by atoms with Crippen LogP contribution in [0.1, 0.15) is 12.5 Å². The van der Waals surface area contributed by atoms with Crippen LogP contribution in [0.5, 0.6) is 0 Å². The zero-order valence-corrected chi connectivity index (χ0v) is 9.45. The van der Waals surface area contributed by atoms with Crippen molar-refractivity contribution in [3.05, 3.63) is 18.0 Å². The van der Waals surface area contributed by atoms with Crippen molar-refractivity contribution in [2.45, 2.75) is 13.5 Å². The predicted octanol–water partition coefficient (Wildman–Crippen LogP) is 0.202. The molecule has 0 radical (unpaired) electrons. The summed E-state index contributed by atoms with van der Waals surface area (Å²) in [6, 6.07) is 0. The Bertz CT molecular complexity index is 396. The van der Waals surface area contributed by atoms with E-state index in [1.807, 2.05) is 13.1 Å². The number of hydrogen-bond acceptors (Lipinski definition) is 3. The van der Waals surface area contributed by atoms with E-state index in [4.69, 9.17) is 0 Å². The van der Waals surface area contributed by atoms with E-state index in [1.54, 1.807) is 17.9 Å². The normalized spacial score (nSPS) is 12.3. The van der Waals surface area contributed by atoms with Crippen LogP contribution in [-0.2, 0) is 23.6 Å². The van der Waals surface area contributed by atoms with E-state index < -0.39 is 10.0 Å². The molecule has 0 aliphatic carbocycles. The minimum absolute atomic E-state index is 0.392. The van der Waals surface area contributed by atoms with Gasteiger partial charge >= 0.3 is 0 Å². The van der Waals surface area contributed by atoms with Crippen LogP contribution in [-0.4, -0.2) is 35.3 Å². The van der Waals surface area contributed by atoms with E-state index in [0.717, 1.165) is 5.56 Å². The maximum atomic E-state index is 11.3. The molecular weight excluding hydrogens is 202 g/mol. The molecule has 0 atom stereocenters. The molecule has 0 spiro atoms. The lowest BCUT2D eigenvalue weighted by Gasteiger charge is -2.16. The summed E-state index contributed by atoms with van der Waals surface area (Å²) in [4.78, 5) is 0. The van der Waals surface area contributed by atoms with E-state index in [1.165, 1.54) is 10.6 Å². The molecular formula is C8H15N3O2S. The molecule has 0 aliphatic heterocycles. The summed E-state index contributed by atoms with van der Waals surface area (Å²) in [7, 11) is -1.30. The Kier molecular flexibility index (Phi) is 3.28. The third-order valence-corrected chi connectivity index (χ3v) is 3.26. The zero-order chi connectivity index (χ0) is 10.8. The molecule has 6 heteroatoms. The summed E-state index contributed by atoms with van der Waals surface area (Å²) in [6.45, 7) is 2.69. The molecule has 80 valence electrons. The standard InChI is InChI=1S/C8H15N3O2S/c1-4-11(14(3,12)13)7-8-5-9-10(2)6-8/h5-6H,4,7H2,1-3H3. The number of aryl methyl sites for hydroxylation is 1. The summed E-state index contributed by atoms with van der Waals surface area (Å²) >= 11 is 0. The third kappa shape index (κ3) is 2.81. The smallest absolute Gasteiger partial charge is 0.211 e. The topological polar surface area (TPSA) is 55.2 Å². The summed E-state index contributed by atoms with van der Waals surface area (Å²) in [6.07, 6.45) is 4.70. The van der Waals surface area contributed by atoms with Crippen molar-refractivity contribution in [1.29, 1.82) is 0 Å². The van der Waals surface area contributed by atoms with E-state index in [-0.39, 0.29) is 0 Å². The maximum Gasteiger partial charge on any atom is 0.211 e. The highest BCUT2D eigenvalue weighted by atomic mass is 32.2. The molecule has 0 fully saturated rings. The van der Waals surface area contributed by atoms with Crippen molar-refractivity contribution in [2.24, 2.45) is 7.05 Å². The van der Waals surface area contributed by atoms with E-state index in [9.17, 15) is 8.42 Å². The molecule has 0 amide bonds. The fraction of sp³-hybridized carbons (Fsp3) is 0.625. The summed E-state index contributed by atoms with van der Waals surface area (Å²) in [5.41, 5.74) is 0.903. The van der Waals surface area contributed by atoms with Gasteiger partial charge in [-0.05, 0) is 0 Å². The van der Waals surface area contributed by atoms with Gasteiger partial charge in [-0.1, -0.05) is 6.92 Å². The van der Waals surface area contributed by atoms with Crippen molar-refractivity contribution >= 4 is 10.0 Å². The Balaban J connectivity index is 2.76. The van der Waals surface area contributed by atoms with Crippen LogP contribution in [0.2, 0.25) is 0 Å². The van der Waals surface area contributed by atoms with Gasteiger partial charge in [0.1, 0.15) is 0 Å². The van der Waals surface area contributed by atoms with Gasteiger partial charge in [0.2, 0.25) is 10.0 Å². The highest BCUT2D eigenvalue weighted by Gasteiger charge is 2.14. The predicted molar refractivity (Wildman–Crippen MR) is 54.1 cm³/mol. The molecule has 1 rings (SSSR count). The molecule has 14 heavy (non-hydrogen) atoms. The van der Waals surface area contributed by atoms with Crippen molar-refractivity contribution in [2.75, 3.05) is 12.8 Å². The summed E-state index contributed by atoms with van der Waals surface area (Å²) < 4.78 is 25.6. The van der Waals surface area contributed by atoms with Crippen LogP contribution in [0.15, 0.2) is 12.4 Å². The van der Waals surface area contributed by atoms with Crippen molar-refractivity contribution in [1.82, 2.24) is 14.1 Å². The monoisotopic (exact) mass is 217 g/mol. The van der Waals surface area contributed by atoms with Gasteiger partial charge in [0.25, 0.3) is 0 Å². The molecule has 0 saturated heterocycles. The second-order valence-corrected chi connectivity index (χ2v) is 5.19. The Morgan fingerprint density at radius 1 is 1.57 bits per heavy atom. The van der Waals surface area contributed by atoms with Crippen molar-refractivity contribution in [3.8, 4) is 0 Å². The second-order valence-electron chi connectivity index (χ2n) is 3.21. The molecule has 0 unspecified atom stereocenters. The number of sulfonamides is 1. The Labute approximate surface area is 84.4 Å². The molecule has 1 heterocycles. The fourth-order valence-electron chi connectivity index (χ4n) is 1.22. The minimum atomic E-state index is -3.11. The third-order valence-electron chi connectivity index (χ3n) is 1.94. The lowest BCUT2D eigenvalue weighted by atomic mass is 10.3. The van der Waals surface area contributed by atoms with E-state index in [2.05, 4.69) is 5.10 Å². The largest absolute Gasteiger partial charge is 0.275 e. The van der Waals surface area contributed by atoms with Gasteiger partial charge in [-0.15, -0.1) is 0 Å². The average Bonchev–Trinajstić information content (AvgIpc) is 2.45. The molecule has 1 aromatic rings. The molecule has 0 N–H and O–H groups in total. The van der Waals surface area contributed by atoms with E-state index in [0.29, 0.717) is 13.1 Å². The lowest BCUT2D eigenvalue weighted by molar-refractivity contribution is 0.427. The van der Waals surface area contributed by atoms with Gasteiger partial charge in [0.15, 0.2) is 0 Å². The first-order valence-electron chi connectivity index (χ1n) is 4.36. The number of rotatable bonds is 4. The first-order chi connectivity index (χ1) is 6.43. The number of hydrogen-bond donors (Lipinski definition) is 0. The zero-order valence-electron chi connectivity index (χ0n) is 8.64. The fourth-order valence-corrected chi connectivity index (χ4v) is 2.07. The van der Waals surface area contributed by atoms with Crippen LogP contribution in [0.4, 0.5) is 0 Å². The van der Waals surface area contributed by atoms with Crippen molar-refractivity contribution in [3.63, 3.8) is 0 Å². The van der Waals surface area contributed by atoms with Gasteiger partial charge in [-0.25, -0.2) is 8.42 Å². The van der Waals surface area contributed by atoms with Gasteiger partial charge < -0.3 is 0 Å². The molecule has 0 saturated carbocycles. The lowest BCUT2D eigenvalue weighted by Crippen LogP contribution is -2.28. The first-order valence-corrected chi connectivity index (χ1v) is 6.21. The number of aromatic nitrogens is 2. The molecule has 0 bridgehead atoms. The van der Waals surface area contributed by atoms with Gasteiger partial charge in [0.05, 0.1) is 12.5 Å². The van der Waals surface area contributed by atoms with Crippen molar-refractivity contribution < 1.29 is 8.42 Å². The van der Waals surface area contributed by atoms with Crippen LogP contribution in [0.25, 0.3) is 0 Å². The SMILES string of the molecule is CCN(Cc1cnn(C)c1)S(C)(=O)=O. The Morgan fingerprint density at radius 3 is 2.57 bits per heavy atom. The van der Waals surface area contributed by atoms with Gasteiger partial charge in [0, 0.05) is 31.9 Å². The highest BCUT2D eigenvalue weighted by molar-refractivity contribution is 7.88. The van der Waals surface area contributed by atoms with Crippen LogP contribution in [0, 0.1) is 0 Å². The minimum Gasteiger partial charge on any atom is -0.275 e. The molecule has 5 nitrogen and oxygen atoms in total. The molecule has 0 aromatic carbocycles. The number of nitrogens with zero attached hydrogens (tertiary/aromatic N) is 3. The first kappa shape index (κ1) is 11.2. The quantitative estimate of drug-likeness (QED) is 0.724. The molecule has 1 aromatic heterocycles. The highest BCUT2D eigenvalue weighted by Crippen LogP contribution is 2.06. The van der Waals surface area contributed by atoms with Gasteiger partial charge in [-0.2, -0.15) is 9.40 Å².